The van der Waals surface area contributed by atoms with Gasteiger partial charge in [-0.3, -0.25) is 0 Å². The van der Waals surface area contributed by atoms with E-state index in [1.807, 2.05) is 19.1 Å². The summed E-state index contributed by atoms with van der Waals surface area (Å²) < 4.78 is 0. The Morgan fingerprint density at radius 3 is 2.69 bits per heavy atom. The first-order chi connectivity index (χ1) is 7.54. The van der Waals surface area contributed by atoms with E-state index in [2.05, 4.69) is 12.2 Å². The highest BCUT2D eigenvalue weighted by Gasteiger charge is 2.09. The molecule has 0 aliphatic heterocycles. The van der Waals surface area contributed by atoms with Crippen LogP contribution in [0.25, 0.3) is 0 Å². The van der Waals surface area contributed by atoms with Crippen molar-refractivity contribution >= 4 is 34.8 Å². The van der Waals surface area contributed by atoms with Gasteiger partial charge in [0.15, 0.2) is 0 Å². The third kappa shape index (κ3) is 3.99. The molecule has 0 spiro atoms. The van der Waals surface area contributed by atoms with E-state index >= 15 is 0 Å². The number of rotatable bonds is 4. The third-order valence-corrected chi connectivity index (χ3v) is 3.24. The van der Waals surface area contributed by atoms with Gasteiger partial charge in [-0.2, -0.15) is 0 Å². The van der Waals surface area contributed by atoms with E-state index in [-0.39, 0.29) is 6.04 Å². The van der Waals surface area contributed by atoms with Gasteiger partial charge in [0.2, 0.25) is 0 Å². The Hall–Kier alpha value is -0.210. The summed E-state index contributed by atoms with van der Waals surface area (Å²) in [5.74, 6) is 0. The maximum absolute atomic E-state index is 6.11. The lowest BCUT2D eigenvalue weighted by molar-refractivity contribution is 0.607. The monoisotopic (exact) mass is 277 g/mol. The second kappa shape index (κ2) is 6.51. The van der Waals surface area contributed by atoms with Crippen molar-refractivity contribution in [3.63, 3.8) is 0 Å². The Morgan fingerprint density at radius 2 is 2.12 bits per heavy atom. The van der Waals surface area contributed by atoms with Gasteiger partial charge in [-0.1, -0.05) is 40.9 Å². The number of nitrogens with one attached hydrogen (secondary N) is 1. The zero-order valence-corrected chi connectivity index (χ0v) is 11.5. The van der Waals surface area contributed by atoms with Crippen LogP contribution in [0.1, 0.15) is 25.5 Å². The first-order valence-electron chi connectivity index (χ1n) is 4.98. The number of halogens is 3. The van der Waals surface area contributed by atoms with Crippen molar-refractivity contribution < 1.29 is 0 Å². The molecule has 0 saturated carbocycles. The van der Waals surface area contributed by atoms with Crippen molar-refractivity contribution in [3.8, 4) is 0 Å². The van der Waals surface area contributed by atoms with Crippen LogP contribution in [0.4, 0.5) is 0 Å². The van der Waals surface area contributed by atoms with Gasteiger partial charge in [0.05, 0.1) is 0 Å². The van der Waals surface area contributed by atoms with Crippen LogP contribution in [-0.2, 0) is 0 Å². The largest absolute Gasteiger partial charge is 0.306 e. The molecule has 16 heavy (non-hydrogen) atoms. The fraction of sp³-hybridized carbons (Fsp3) is 0.333. The Morgan fingerprint density at radius 1 is 1.44 bits per heavy atom. The lowest BCUT2D eigenvalue weighted by Gasteiger charge is -2.15. The van der Waals surface area contributed by atoms with Gasteiger partial charge >= 0.3 is 0 Å². The van der Waals surface area contributed by atoms with E-state index in [9.17, 15) is 0 Å². The molecule has 0 amide bonds. The summed E-state index contributed by atoms with van der Waals surface area (Å²) in [6.45, 7) is 4.76. The van der Waals surface area contributed by atoms with Crippen molar-refractivity contribution in [1.82, 2.24) is 5.32 Å². The van der Waals surface area contributed by atoms with E-state index < -0.39 is 0 Å². The van der Waals surface area contributed by atoms with E-state index in [1.165, 1.54) is 0 Å². The summed E-state index contributed by atoms with van der Waals surface area (Å²) in [6.07, 6.45) is 0. The number of hydrogen-bond acceptors (Lipinski definition) is 1. The Balaban J connectivity index is 2.69. The minimum atomic E-state index is 0.163. The van der Waals surface area contributed by atoms with Gasteiger partial charge in [0.25, 0.3) is 0 Å². The zero-order chi connectivity index (χ0) is 12.1. The molecule has 0 bridgehead atoms. The summed E-state index contributed by atoms with van der Waals surface area (Å²) in [4.78, 5) is 0. The molecule has 1 aromatic carbocycles. The van der Waals surface area contributed by atoms with E-state index in [4.69, 9.17) is 34.8 Å². The molecule has 0 fully saturated rings. The van der Waals surface area contributed by atoms with Gasteiger partial charge in [-0.25, -0.2) is 0 Å². The summed E-state index contributed by atoms with van der Waals surface area (Å²) in [5.41, 5.74) is 3.69. The highest BCUT2D eigenvalue weighted by atomic mass is 35.5. The zero-order valence-electron chi connectivity index (χ0n) is 9.23. The minimum Gasteiger partial charge on any atom is -0.306 e. The predicted octanol–water partition coefficient (Wildman–Crippen LogP) is 4.79. The fourth-order valence-corrected chi connectivity index (χ4v) is 1.96. The summed E-state index contributed by atoms with van der Waals surface area (Å²) >= 11 is 17.5. The maximum Gasteiger partial charge on any atom is 0.0468 e. The van der Waals surface area contributed by atoms with Crippen molar-refractivity contribution in [2.75, 3.05) is 6.54 Å². The molecule has 1 nitrogen and oxygen atoms in total. The molecule has 0 radical (unpaired) electrons. The average Bonchev–Trinajstić information content (AvgIpc) is 2.25. The van der Waals surface area contributed by atoms with Crippen molar-refractivity contribution in [3.05, 3.63) is 44.9 Å². The maximum atomic E-state index is 6.11. The van der Waals surface area contributed by atoms with Crippen molar-refractivity contribution in [2.45, 2.75) is 19.9 Å². The van der Waals surface area contributed by atoms with Crippen LogP contribution in [0.3, 0.4) is 0 Å². The highest BCUT2D eigenvalue weighted by Crippen LogP contribution is 2.26. The molecule has 1 atom stereocenters. The molecule has 0 aliphatic carbocycles. The quantitative estimate of drug-likeness (QED) is 0.835. The Kier molecular flexibility index (Phi) is 5.63. The van der Waals surface area contributed by atoms with Crippen LogP contribution in [0.2, 0.25) is 10.0 Å². The second-order valence-electron chi connectivity index (χ2n) is 3.72. The predicted molar refractivity (Wildman–Crippen MR) is 72.5 cm³/mol. The van der Waals surface area contributed by atoms with Crippen molar-refractivity contribution in [1.29, 1.82) is 0 Å². The molecule has 88 valence electrons. The van der Waals surface area contributed by atoms with Crippen LogP contribution >= 0.6 is 34.8 Å². The Labute approximate surface area is 111 Å². The third-order valence-electron chi connectivity index (χ3n) is 2.30. The lowest BCUT2D eigenvalue weighted by Crippen LogP contribution is -2.20. The van der Waals surface area contributed by atoms with Crippen LogP contribution in [0.5, 0.6) is 0 Å². The molecule has 1 aromatic rings. The smallest absolute Gasteiger partial charge is 0.0468 e. The first kappa shape index (κ1) is 13.9. The van der Waals surface area contributed by atoms with E-state index in [1.54, 1.807) is 11.6 Å². The van der Waals surface area contributed by atoms with Crippen LogP contribution < -0.4 is 5.32 Å². The highest BCUT2D eigenvalue weighted by molar-refractivity contribution is 6.35. The summed E-state index contributed by atoms with van der Waals surface area (Å²) in [7, 11) is 0. The molecule has 1 N–H and O–H groups in total. The fourth-order valence-electron chi connectivity index (χ4n) is 1.32. The molecule has 0 heterocycles. The normalized spacial score (nSPS) is 13.9. The lowest BCUT2D eigenvalue weighted by atomic mass is 10.1. The van der Waals surface area contributed by atoms with Crippen LogP contribution in [-0.4, -0.2) is 6.54 Å². The van der Waals surface area contributed by atoms with Crippen LogP contribution in [0.15, 0.2) is 29.3 Å². The molecule has 0 saturated heterocycles. The molecular formula is C12H14Cl3N. The molecule has 0 aromatic heterocycles. The number of benzene rings is 1. The Bertz CT molecular complexity index is 388. The summed E-state index contributed by atoms with van der Waals surface area (Å²) in [6, 6.07) is 5.69. The van der Waals surface area contributed by atoms with E-state index in [0.29, 0.717) is 10.0 Å². The standard InChI is InChI=1S/C12H14Cl3N/c1-8(6-13)7-16-9(2)11-4-3-10(14)5-12(11)15/h3-6,9,16H,7H2,1-2H3/b8-6+. The molecule has 4 heteroatoms. The molecule has 1 unspecified atom stereocenters. The topological polar surface area (TPSA) is 12.0 Å². The van der Waals surface area contributed by atoms with Gasteiger partial charge < -0.3 is 5.32 Å². The second-order valence-corrected chi connectivity index (χ2v) is 4.79. The number of hydrogen-bond donors (Lipinski definition) is 1. The average molecular weight is 279 g/mol. The molecule has 0 aliphatic rings. The first-order valence-corrected chi connectivity index (χ1v) is 6.18. The van der Waals surface area contributed by atoms with Crippen molar-refractivity contribution in [2.24, 2.45) is 0 Å². The van der Waals surface area contributed by atoms with Gasteiger partial charge in [0, 0.05) is 28.2 Å². The minimum absolute atomic E-state index is 0.163. The summed E-state index contributed by atoms with van der Waals surface area (Å²) in [5, 5.41) is 4.66. The molecule has 1 rings (SSSR count). The van der Waals surface area contributed by atoms with Gasteiger partial charge in [0.1, 0.15) is 0 Å². The SMILES string of the molecule is C/C(=C\Cl)CNC(C)c1ccc(Cl)cc1Cl. The van der Waals surface area contributed by atoms with Gasteiger partial charge in [-0.15, -0.1) is 0 Å². The van der Waals surface area contributed by atoms with Crippen LogP contribution in [0, 0.1) is 0 Å². The van der Waals surface area contributed by atoms with E-state index in [0.717, 1.165) is 17.7 Å². The van der Waals surface area contributed by atoms with Gasteiger partial charge in [-0.05, 0) is 37.1 Å². The molecular weight excluding hydrogens is 264 g/mol.